The Hall–Kier alpha value is -2.28. The number of hydrogen-bond acceptors (Lipinski definition) is 2. The molecule has 0 unspecified atom stereocenters. The third-order valence-electron chi connectivity index (χ3n) is 3.45. The summed E-state index contributed by atoms with van der Waals surface area (Å²) in [4.78, 5) is 22.7. The molecule has 19 heavy (non-hydrogen) atoms. The summed E-state index contributed by atoms with van der Waals surface area (Å²) < 4.78 is 0. The largest absolute Gasteiger partial charge is 0.481 e. The van der Waals surface area contributed by atoms with Gasteiger partial charge in [0.05, 0.1) is 5.41 Å². The summed E-state index contributed by atoms with van der Waals surface area (Å²) in [6.45, 7) is 0.157. The van der Waals surface area contributed by atoms with E-state index in [1.165, 1.54) is 0 Å². The minimum Gasteiger partial charge on any atom is -0.481 e. The molecule has 0 saturated heterocycles. The Morgan fingerprint density at radius 1 is 1.26 bits per heavy atom. The van der Waals surface area contributed by atoms with E-state index in [2.05, 4.69) is 17.2 Å². The van der Waals surface area contributed by atoms with Gasteiger partial charge < -0.3 is 10.4 Å². The van der Waals surface area contributed by atoms with Crippen LogP contribution in [0.25, 0.3) is 0 Å². The first-order chi connectivity index (χ1) is 9.12. The van der Waals surface area contributed by atoms with Gasteiger partial charge in [-0.05, 0) is 25.0 Å². The summed E-state index contributed by atoms with van der Waals surface area (Å²) in [5.41, 5.74) is -0.0152. The molecule has 0 bridgehead atoms. The zero-order valence-electron chi connectivity index (χ0n) is 10.5. The average Bonchev–Trinajstić information content (AvgIpc) is 2.36. The summed E-state index contributed by atoms with van der Waals surface area (Å²) in [5, 5.41) is 11.7. The highest BCUT2D eigenvalue weighted by Crippen LogP contribution is 2.40. The van der Waals surface area contributed by atoms with Gasteiger partial charge in [-0.1, -0.05) is 30.5 Å². The fraction of sp³-hybridized carbons (Fsp3) is 0.333. The molecule has 0 heterocycles. The highest BCUT2D eigenvalue weighted by molar-refractivity contribution is 5.94. The van der Waals surface area contributed by atoms with Crippen LogP contribution in [0.15, 0.2) is 30.3 Å². The smallest absolute Gasteiger partial charge is 0.311 e. The molecule has 0 spiro atoms. The topological polar surface area (TPSA) is 66.4 Å². The van der Waals surface area contributed by atoms with Crippen molar-refractivity contribution in [2.24, 2.45) is 5.41 Å². The van der Waals surface area contributed by atoms with Crippen molar-refractivity contribution in [3.8, 4) is 11.8 Å². The molecule has 1 aromatic carbocycles. The van der Waals surface area contributed by atoms with Crippen molar-refractivity contribution < 1.29 is 14.7 Å². The Bertz CT molecular complexity index is 536. The molecule has 1 saturated carbocycles. The quantitative estimate of drug-likeness (QED) is 0.805. The molecule has 1 aromatic rings. The Kier molecular flexibility index (Phi) is 3.86. The van der Waals surface area contributed by atoms with E-state index < -0.39 is 17.3 Å². The van der Waals surface area contributed by atoms with Crippen molar-refractivity contribution in [2.75, 3.05) is 6.54 Å². The molecule has 2 N–H and O–H groups in total. The van der Waals surface area contributed by atoms with E-state index in [1.807, 2.05) is 30.3 Å². The van der Waals surface area contributed by atoms with Crippen LogP contribution in [0.1, 0.15) is 24.8 Å². The van der Waals surface area contributed by atoms with Crippen LogP contribution >= 0.6 is 0 Å². The van der Waals surface area contributed by atoms with Crippen molar-refractivity contribution in [1.29, 1.82) is 0 Å². The Labute approximate surface area is 111 Å². The Balaban J connectivity index is 1.89. The van der Waals surface area contributed by atoms with E-state index in [-0.39, 0.29) is 6.54 Å². The molecular formula is C15H15NO3. The molecule has 1 fully saturated rings. The van der Waals surface area contributed by atoms with Crippen LogP contribution in [0, 0.1) is 17.3 Å². The fourth-order valence-corrected chi connectivity index (χ4v) is 2.01. The molecule has 0 aromatic heterocycles. The van der Waals surface area contributed by atoms with E-state index in [1.54, 1.807) is 0 Å². The number of amides is 1. The minimum atomic E-state index is -0.838. The lowest BCUT2D eigenvalue weighted by Crippen LogP contribution is -2.47. The average molecular weight is 257 g/mol. The third kappa shape index (κ3) is 3.14. The van der Waals surface area contributed by atoms with Gasteiger partial charge in [0, 0.05) is 18.0 Å². The molecule has 4 nitrogen and oxygen atoms in total. The number of benzene rings is 1. The predicted octanol–water partition coefficient (Wildman–Crippen LogP) is 1.41. The molecule has 0 atom stereocenters. The van der Waals surface area contributed by atoms with Crippen LogP contribution in [-0.2, 0) is 9.59 Å². The van der Waals surface area contributed by atoms with Crippen molar-refractivity contribution in [1.82, 2.24) is 5.32 Å². The summed E-state index contributed by atoms with van der Waals surface area (Å²) in [6, 6.07) is 9.18. The van der Waals surface area contributed by atoms with Gasteiger partial charge in [-0.25, -0.2) is 0 Å². The second-order valence-electron chi connectivity index (χ2n) is 4.74. The van der Waals surface area contributed by atoms with Crippen molar-refractivity contribution >= 4 is 11.9 Å². The summed E-state index contributed by atoms with van der Waals surface area (Å²) in [7, 11) is 0. The molecule has 1 aliphatic carbocycles. The van der Waals surface area contributed by atoms with Crippen molar-refractivity contribution in [2.45, 2.75) is 19.3 Å². The summed E-state index contributed by atoms with van der Waals surface area (Å²) in [6.07, 6.45) is 2.14. The Morgan fingerprint density at radius 3 is 2.47 bits per heavy atom. The van der Waals surface area contributed by atoms with Crippen molar-refractivity contribution in [3.05, 3.63) is 35.9 Å². The number of hydrogen-bond donors (Lipinski definition) is 2. The van der Waals surface area contributed by atoms with E-state index >= 15 is 0 Å². The van der Waals surface area contributed by atoms with E-state index in [9.17, 15) is 9.59 Å². The first-order valence-electron chi connectivity index (χ1n) is 6.21. The molecule has 1 aliphatic rings. The van der Waals surface area contributed by atoms with Crippen LogP contribution in [0.5, 0.6) is 0 Å². The van der Waals surface area contributed by atoms with E-state index in [4.69, 9.17) is 5.11 Å². The number of carboxylic acids is 1. The standard InChI is InChI=1S/C15H15NO3/c17-13(8-7-12-5-2-1-3-6-12)16-11-15(14(18)19)9-4-10-15/h1-3,5-6H,4,9-11H2,(H,16,17)(H,18,19). The van der Waals surface area contributed by atoms with Crippen LogP contribution in [0.4, 0.5) is 0 Å². The first-order valence-corrected chi connectivity index (χ1v) is 6.21. The summed E-state index contributed by atoms with van der Waals surface area (Å²) in [5.74, 6) is 3.93. The Morgan fingerprint density at radius 2 is 1.95 bits per heavy atom. The van der Waals surface area contributed by atoms with E-state index in [0.29, 0.717) is 12.8 Å². The predicted molar refractivity (Wildman–Crippen MR) is 70.2 cm³/mol. The van der Waals surface area contributed by atoms with Crippen LogP contribution in [0.3, 0.4) is 0 Å². The van der Waals surface area contributed by atoms with Crippen LogP contribution < -0.4 is 5.32 Å². The SMILES string of the molecule is O=C(C#Cc1ccccc1)NCC1(C(=O)O)CCC1. The maximum absolute atomic E-state index is 11.5. The third-order valence-corrected chi connectivity index (χ3v) is 3.45. The van der Waals surface area contributed by atoms with Gasteiger partial charge >= 0.3 is 5.97 Å². The number of carbonyl (C=O) groups excluding carboxylic acids is 1. The highest BCUT2D eigenvalue weighted by atomic mass is 16.4. The van der Waals surface area contributed by atoms with Crippen LogP contribution in [-0.4, -0.2) is 23.5 Å². The van der Waals surface area contributed by atoms with Crippen molar-refractivity contribution in [3.63, 3.8) is 0 Å². The number of carboxylic acid groups (broad SMARTS) is 1. The molecule has 1 amide bonds. The molecule has 0 aliphatic heterocycles. The normalized spacial score (nSPS) is 15.6. The van der Waals surface area contributed by atoms with Gasteiger partial charge in [0.1, 0.15) is 0 Å². The zero-order chi connectivity index (χ0) is 13.7. The van der Waals surface area contributed by atoms with Gasteiger partial charge in [0.2, 0.25) is 0 Å². The van der Waals surface area contributed by atoms with Gasteiger partial charge in [-0.15, -0.1) is 0 Å². The van der Waals surface area contributed by atoms with Gasteiger partial charge in [0.25, 0.3) is 5.91 Å². The minimum absolute atomic E-state index is 0.157. The lowest BCUT2D eigenvalue weighted by Gasteiger charge is -2.37. The molecule has 98 valence electrons. The first kappa shape index (κ1) is 13.2. The second kappa shape index (κ2) is 5.57. The van der Waals surface area contributed by atoms with Gasteiger partial charge in [-0.3, -0.25) is 9.59 Å². The second-order valence-corrected chi connectivity index (χ2v) is 4.74. The maximum Gasteiger partial charge on any atom is 0.311 e. The highest BCUT2D eigenvalue weighted by Gasteiger charge is 2.44. The number of nitrogens with one attached hydrogen (secondary N) is 1. The molecule has 0 radical (unpaired) electrons. The van der Waals surface area contributed by atoms with Gasteiger partial charge in [0.15, 0.2) is 0 Å². The van der Waals surface area contributed by atoms with E-state index in [0.717, 1.165) is 12.0 Å². The number of rotatable bonds is 3. The monoisotopic (exact) mass is 257 g/mol. The van der Waals surface area contributed by atoms with Crippen LogP contribution in [0.2, 0.25) is 0 Å². The molecule has 4 heteroatoms. The lowest BCUT2D eigenvalue weighted by molar-refractivity contribution is -0.154. The molecule has 2 rings (SSSR count). The van der Waals surface area contributed by atoms with Gasteiger partial charge in [-0.2, -0.15) is 0 Å². The molecular weight excluding hydrogens is 242 g/mol. The summed E-state index contributed by atoms with van der Waals surface area (Å²) >= 11 is 0. The number of carbonyl (C=O) groups is 2. The zero-order valence-corrected chi connectivity index (χ0v) is 10.5. The lowest BCUT2D eigenvalue weighted by atomic mass is 9.69. The maximum atomic E-state index is 11.5. The fourth-order valence-electron chi connectivity index (χ4n) is 2.01. The number of aliphatic carboxylic acids is 1.